The molecule has 19 heavy (non-hydrogen) atoms. The van der Waals surface area contributed by atoms with E-state index in [1.165, 1.54) is 7.11 Å². The molecule has 0 saturated heterocycles. The molecule has 1 aromatic rings. The Hall–Kier alpha value is -2.24. The van der Waals surface area contributed by atoms with E-state index >= 15 is 0 Å². The third kappa shape index (κ3) is 3.15. The zero-order valence-corrected chi connectivity index (χ0v) is 10.9. The Balaban J connectivity index is 1.99. The third-order valence-corrected chi connectivity index (χ3v) is 2.80. The van der Waals surface area contributed by atoms with Crippen LogP contribution >= 0.6 is 0 Å². The number of ether oxygens (including phenoxy) is 2. The number of esters is 1. The molecular weight excluding hydrogens is 248 g/mol. The number of rotatable bonds is 4. The van der Waals surface area contributed by atoms with Gasteiger partial charge in [-0.05, 0) is 25.1 Å². The van der Waals surface area contributed by atoms with Crippen LogP contribution in [0.3, 0.4) is 0 Å². The quantitative estimate of drug-likeness (QED) is 0.803. The number of methoxy groups -OCH3 is 1. The van der Waals surface area contributed by atoms with E-state index in [1.807, 2.05) is 6.07 Å². The molecule has 1 unspecified atom stereocenters. The average molecular weight is 264 g/mol. The van der Waals surface area contributed by atoms with Crippen LogP contribution in [-0.2, 0) is 14.3 Å². The summed E-state index contributed by atoms with van der Waals surface area (Å²) in [4.78, 5) is 22.5. The number of nitrogens with one attached hydrogen (secondary N) is 2. The molecule has 0 radical (unpaired) electrons. The van der Waals surface area contributed by atoms with Crippen LogP contribution in [0, 0.1) is 0 Å². The molecule has 1 amide bonds. The molecule has 6 heteroatoms. The Morgan fingerprint density at radius 3 is 3.05 bits per heavy atom. The molecule has 1 aliphatic rings. The fourth-order valence-electron chi connectivity index (χ4n) is 1.73. The number of hydrogen-bond donors (Lipinski definition) is 2. The van der Waals surface area contributed by atoms with Gasteiger partial charge in [0.25, 0.3) is 5.91 Å². The van der Waals surface area contributed by atoms with Gasteiger partial charge in [0.1, 0.15) is 5.75 Å². The maximum atomic E-state index is 11.5. The van der Waals surface area contributed by atoms with Crippen molar-refractivity contribution in [3.05, 3.63) is 18.2 Å². The first-order valence-corrected chi connectivity index (χ1v) is 6.02. The largest absolute Gasteiger partial charge is 0.479 e. The molecule has 0 bridgehead atoms. The van der Waals surface area contributed by atoms with E-state index in [2.05, 4.69) is 15.4 Å². The standard InChI is InChI=1S/C13H16N2O4/c1-8-13(17)15-10-7-9(3-4-11(10)19-8)14-6-5-12(16)18-2/h3-4,7-8,14H,5-6H2,1-2H3,(H,15,17). The first-order chi connectivity index (χ1) is 9.10. The van der Waals surface area contributed by atoms with Gasteiger partial charge in [-0.15, -0.1) is 0 Å². The molecule has 0 aliphatic carbocycles. The normalized spacial score (nSPS) is 16.9. The molecule has 2 N–H and O–H groups in total. The van der Waals surface area contributed by atoms with Crippen LogP contribution in [0.15, 0.2) is 18.2 Å². The SMILES string of the molecule is COC(=O)CCNc1ccc2c(c1)NC(=O)C(C)O2. The predicted molar refractivity (Wildman–Crippen MR) is 70.3 cm³/mol. The van der Waals surface area contributed by atoms with E-state index < -0.39 is 6.10 Å². The first-order valence-electron chi connectivity index (χ1n) is 6.02. The van der Waals surface area contributed by atoms with E-state index in [9.17, 15) is 9.59 Å². The van der Waals surface area contributed by atoms with Crippen molar-refractivity contribution in [1.82, 2.24) is 0 Å². The summed E-state index contributed by atoms with van der Waals surface area (Å²) in [6.45, 7) is 2.16. The first kappa shape index (κ1) is 13.2. The molecule has 0 aromatic heterocycles. The zero-order valence-electron chi connectivity index (χ0n) is 10.9. The fraction of sp³-hybridized carbons (Fsp3) is 0.385. The maximum absolute atomic E-state index is 11.5. The number of amides is 1. The molecule has 1 heterocycles. The lowest BCUT2D eigenvalue weighted by molar-refractivity contribution is -0.140. The molecule has 0 saturated carbocycles. The highest BCUT2D eigenvalue weighted by molar-refractivity contribution is 5.98. The second kappa shape index (κ2) is 5.60. The van der Waals surface area contributed by atoms with Crippen LogP contribution in [-0.4, -0.2) is 31.6 Å². The number of hydrogen-bond acceptors (Lipinski definition) is 5. The topological polar surface area (TPSA) is 76.7 Å². The molecule has 6 nitrogen and oxygen atoms in total. The van der Waals surface area contributed by atoms with Gasteiger partial charge in [0, 0.05) is 12.2 Å². The van der Waals surface area contributed by atoms with Gasteiger partial charge in [-0.3, -0.25) is 9.59 Å². The Morgan fingerprint density at radius 1 is 1.53 bits per heavy atom. The minimum atomic E-state index is -0.481. The lowest BCUT2D eigenvalue weighted by Crippen LogP contribution is -2.34. The van der Waals surface area contributed by atoms with Gasteiger partial charge in [0.15, 0.2) is 6.10 Å². The number of benzene rings is 1. The van der Waals surface area contributed by atoms with Crippen molar-refractivity contribution in [1.29, 1.82) is 0 Å². The van der Waals surface area contributed by atoms with Crippen LogP contribution < -0.4 is 15.4 Å². The highest BCUT2D eigenvalue weighted by Gasteiger charge is 2.23. The number of carbonyl (C=O) groups is 2. The van der Waals surface area contributed by atoms with E-state index in [1.54, 1.807) is 19.1 Å². The van der Waals surface area contributed by atoms with Crippen molar-refractivity contribution in [2.24, 2.45) is 0 Å². The van der Waals surface area contributed by atoms with Crippen molar-refractivity contribution in [2.45, 2.75) is 19.4 Å². The Bertz CT molecular complexity index is 501. The van der Waals surface area contributed by atoms with E-state index in [4.69, 9.17) is 4.74 Å². The maximum Gasteiger partial charge on any atom is 0.307 e. The van der Waals surface area contributed by atoms with E-state index in [0.29, 0.717) is 18.0 Å². The molecular formula is C13H16N2O4. The molecule has 102 valence electrons. The van der Waals surface area contributed by atoms with Gasteiger partial charge in [-0.25, -0.2) is 0 Å². The summed E-state index contributed by atoms with van der Waals surface area (Å²) in [6.07, 6.45) is -0.196. The zero-order chi connectivity index (χ0) is 13.8. The van der Waals surface area contributed by atoms with Gasteiger partial charge >= 0.3 is 5.97 Å². The Kier molecular flexibility index (Phi) is 3.89. The third-order valence-electron chi connectivity index (χ3n) is 2.80. The van der Waals surface area contributed by atoms with Crippen LogP contribution in [0.5, 0.6) is 5.75 Å². The van der Waals surface area contributed by atoms with Crippen LogP contribution in [0.25, 0.3) is 0 Å². The lowest BCUT2D eigenvalue weighted by Gasteiger charge is -2.23. The van der Waals surface area contributed by atoms with Crippen LogP contribution in [0.2, 0.25) is 0 Å². The Labute approximate surface area is 111 Å². The van der Waals surface area contributed by atoms with Gasteiger partial charge in [0.05, 0.1) is 19.2 Å². The van der Waals surface area contributed by atoms with E-state index in [0.717, 1.165) is 5.69 Å². The smallest absolute Gasteiger partial charge is 0.307 e. The van der Waals surface area contributed by atoms with Gasteiger partial charge in [-0.1, -0.05) is 0 Å². The minimum absolute atomic E-state index is 0.167. The molecule has 0 fully saturated rings. The summed E-state index contributed by atoms with van der Waals surface area (Å²) < 4.78 is 9.99. The number of anilines is 2. The van der Waals surface area contributed by atoms with Crippen molar-refractivity contribution < 1.29 is 19.1 Å². The minimum Gasteiger partial charge on any atom is -0.479 e. The summed E-state index contributed by atoms with van der Waals surface area (Å²) >= 11 is 0. The van der Waals surface area contributed by atoms with Crippen LogP contribution in [0.1, 0.15) is 13.3 Å². The van der Waals surface area contributed by atoms with Crippen molar-refractivity contribution in [3.63, 3.8) is 0 Å². The molecule has 1 aliphatic heterocycles. The summed E-state index contributed by atoms with van der Waals surface area (Å²) in [6, 6.07) is 5.39. The van der Waals surface area contributed by atoms with E-state index in [-0.39, 0.29) is 18.3 Å². The predicted octanol–water partition coefficient (Wildman–Crippen LogP) is 1.38. The second-order valence-corrected chi connectivity index (χ2v) is 4.21. The molecule has 0 spiro atoms. The average Bonchev–Trinajstić information content (AvgIpc) is 2.40. The van der Waals surface area contributed by atoms with Crippen LogP contribution in [0.4, 0.5) is 11.4 Å². The monoisotopic (exact) mass is 264 g/mol. The molecule has 1 atom stereocenters. The fourth-order valence-corrected chi connectivity index (χ4v) is 1.73. The second-order valence-electron chi connectivity index (χ2n) is 4.21. The molecule has 2 rings (SSSR count). The highest BCUT2D eigenvalue weighted by atomic mass is 16.5. The van der Waals surface area contributed by atoms with Gasteiger partial charge < -0.3 is 20.1 Å². The van der Waals surface area contributed by atoms with Gasteiger partial charge in [-0.2, -0.15) is 0 Å². The van der Waals surface area contributed by atoms with Crippen molar-refractivity contribution >= 4 is 23.3 Å². The summed E-state index contributed by atoms with van der Waals surface area (Å²) in [5.74, 6) is 0.209. The summed E-state index contributed by atoms with van der Waals surface area (Å²) in [5, 5.41) is 5.84. The highest BCUT2D eigenvalue weighted by Crippen LogP contribution is 2.32. The molecule has 1 aromatic carbocycles. The number of carbonyl (C=O) groups excluding carboxylic acids is 2. The van der Waals surface area contributed by atoms with Crippen molar-refractivity contribution in [2.75, 3.05) is 24.3 Å². The van der Waals surface area contributed by atoms with Crippen molar-refractivity contribution in [3.8, 4) is 5.75 Å². The summed E-state index contributed by atoms with van der Waals surface area (Å²) in [7, 11) is 1.36. The summed E-state index contributed by atoms with van der Waals surface area (Å²) in [5.41, 5.74) is 1.44. The lowest BCUT2D eigenvalue weighted by atomic mass is 10.2. The number of fused-ring (bicyclic) bond motifs is 1. The Morgan fingerprint density at radius 2 is 2.32 bits per heavy atom. The van der Waals surface area contributed by atoms with Gasteiger partial charge in [0.2, 0.25) is 0 Å².